The summed E-state index contributed by atoms with van der Waals surface area (Å²) in [4.78, 5) is 14.1. The van der Waals surface area contributed by atoms with Gasteiger partial charge in [-0.05, 0) is 43.5 Å². The number of hydrogen-bond acceptors (Lipinski definition) is 4. The first kappa shape index (κ1) is 22.6. The molecule has 0 saturated carbocycles. The second-order valence-corrected chi connectivity index (χ2v) is 7.16. The molecule has 1 fully saturated rings. The van der Waals surface area contributed by atoms with Crippen molar-refractivity contribution in [2.24, 2.45) is 5.92 Å². The Morgan fingerprint density at radius 3 is 2.82 bits per heavy atom. The minimum absolute atomic E-state index is 0.431. The van der Waals surface area contributed by atoms with E-state index in [1.165, 1.54) is 0 Å². The molecule has 9 heteroatoms. The number of ether oxygens (including phenoxy) is 2. The summed E-state index contributed by atoms with van der Waals surface area (Å²) in [5.74, 6) is 0.800. The monoisotopic (exact) mass is 422 g/mol. The van der Waals surface area contributed by atoms with E-state index >= 15 is 0 Å². The van der Waals surface area contributed by atoms with E-state index in [2.05, 4.69) is 4.90 Å². The van der Waals surface area contributed by atoms with Gasteiger partial charge in [0.2, 0.25) is 5.91 Å². The average molecular weight is 423 g/mol. The van der Waals surface area contributed by atoms with Crippen LogP contribution in [-0.4, -0.2) is 56.2 Å². The third kappa shape index (κ3) is 7.39. The van der Waals surface area contributed by atoms with Gasteiger partial charge in [-0.15, -0.1) is 11.6 Å². The van der Waals surface area contributed by atoms with Crippen LogP contribution in [0.3, 0.4) is 0 Å². The Morgan fingerprint density at radius 1 is 1.36 bits per heavy atom. The number of halogens is 4. The average Bonchev–Trinajstić information content (AvgIpc) is 2.67. The molecule has 1 aliphatic heterocycles. The Labute approximate surface area is 168 Å². The van der Waals surface area contributed by atoms with Crippen molar-refractivity contribution in [2.75, 3.05) is 39.2 Å². The van der Waals surface area contributed by atoms with Crippen molar-refractivity contribution in [3.63, 3.8) is 0 Å². The normalized spacial score (nSPS) is 18.0. The molecule has 1 N–H and O–H groups in total. The maximum atomic E-state index is 12.3. The number of nitrogens with one attached hydrogen (secondary N) is 1. The quantitative estimate of drug-likeness (QED) is 0.488. The van der Waals surface area contributed by atoms with E-state index in [-0.39, 0.29) is 0 Å². The number of benzene rings is 1. The van der Waals surface area contributed by atoms with Gasteiger partial charge < -0.3 is 14.8 Å². The van der Waals surface area contributed by atoms with Gasteiger partial charge in [-0.3, -0.25) is 9.69 Å². The summed E-state index contributed by atoms with van der Waals surface area (Å²) < 4.78 is 47.9. The Morgan fingerprint density at radius 2 is 2.14 bits per heavy atom. The summed E-state index contributed by atoms with van der Waals surface area (Å²) >= 11 is 5.65. The fraction of sp³-hybridized carbons (Fsp3) is 0.632. The SMILES string of the molecule is COc1cc(CN2CCCC(C(=O)NCC(F)(F)F)C2)ccc1OCCCCl. The third-order valence-corrected chi connectivity index (χ3v) is 4.78. The summed E-state index contributed by atoms with van der Waals surface area (Å²) in [6.07, 6.45) is -2.30. The van der Waals surface area contributed by atoms with E-state index in [4.69, 9.17) is 21.1 Å². The molecule has 1 heterocycles. The third-order valence-electron chi connectivity index (χ3n) is 4.51. The molecule has 1 aliphatic rings. The number of hydrogen-bond donors (Lipinski definition) is 1. The standard InChI is InChI=1S/C19H26ClF3N2O3/c1-27-17-10-14(5-6-16(17)28-9-3-7-20)11-25-8-2-4-15(12-25)18(26)24-13-19(21,22)23/h5-6,10,15H,2-4,7-9,11-13H2,1H3,(H,24,26). The van der Waals surface area contributed by atoms with Crippen LogP contribution >= 0.6 is 11.6 Å². The molecule has 1 atom stereocenters. The first-order valence-corrected chi connectivity index (χ1v) is 9.78. The van der Waals surface area contributed by atoms with Crippen LogP contribution in [0.1, 0.15) is 24.8 Å². The minimum Gasteiger partial charge on any atom is -0.493 e. The highest BCUT2D eigenvalue weighted by Gasteiger charge is 2.31. The van der Waals surface area contributed by atoms with Crippen molar-refractivity contribution in [1.29, 1.82) is 0 Å². The van der Waals surface area contributed by atoms with Gasteiger partial charge in [-0.1, -0.05) is 6.07 Å². The van der Waals surface area contributed by atoms with Crippen LogP contribution in [0.5, 0.6) is 11.5 Å². The molecule has 0 aromatic heterocycles. The number of nitrogens with zero attached hydrogens (tertiary/aromatic N) is 1. The van der Waals surface area contributed by atoms with Gasteiger partial charge >= 0.3 is 6.18 Å². The number of carbonyl (C=O) groups excluding carboxylic acids is 1. The molecular weight excluding hydrogens is 397 g/mol. The van der Waals surface area contributed by atoms with Gasteiger partial charge in [-0.2, -0.15) is 13.2 Å². The van der Waals surface area contributed by atoms with E-state index in [1.54, 1.807) is 7.11 Å². The van der Waals surface area contributed by atoms with Crippen LogP contribution in [0.15, 0.2) is 18.2 Å². The van der Waals surface area contributed by atoms with Crippen molar-refractivity contribution < 1.29 is 27.4 Å². The molecule has 2 rings (SSSR count). The predicted molar refractivity (Wildman–Crippen MR) is 101 cm³/mol. The van der Waals surface area contributed by atoms with Gasteiger partial charge in [0.1, 0.15) is 6.54 Å². The van der Waals surface area contributed by atoms with E-state index in [0.29, 0.717) is 43.5 Å². The molecule has 1 saturated heterocycles. The molecule has 1 aromatic carbocycles. The number of alkyl halides is 4. The fourth-order valence-electron chi connectivity index (χ4n) is 3.17. The first-order chi connectivity index (χ1) is 13.3. The van der Waals surface area contributed by atoms with Crippen LogP contribution in [0.25, 0.3) is 0 Å². The highest BCUT2D eigenvalue weighted by atomic mass is 35.5. The molecule has 0 spiro atoms. The van der Waals surface area contributed by atoms with E-state index in [0.717, 1.165) is 24.9 Å². The lowest BCUT2D eigenvalue weighted by Crippen LogP contribution is -2.44. The number of amides is 1. The van der Waals surface area contributed by atoms with E-state index < -0.39 is 24.5 Å². The summed E-state index contributed by atoms with van der Waals surface area (Å²) in [6.45, 7) is 1.02. The number of rotatable bonds is 9. The van der Waals surface area contributed by atoms with Gasteiger partial charge in [0.25, 0.3) is 0 Å². The minimum atomic E-state index is -4.39. The molecule has 1 unspecified atom stereocenters. The van der Waals surface area contributed by atoms with Crippen LogP contribution in [0, 0.1) is 5.92 Å². The number of likely N-dealkylation sites (tertiary alicyclic amines) is 1. The van der Waals surface area contributed by atoms with Gasteiger partial charge in [0, 0.05) is 19.0 Å². The van der Waals surface area contributed by atoms with Crippen LogP contribution in [0.2, 0.25) is 0 Å². The molecule has 0 radical (unpaired) electrons. The maximum Gasteiger partial charge on any atom is 0.405 e. The molecule has 5 nitrogen and oxygen atoms in total. The lowest BCUT2D eigenvalue weighted by molar-refractivity contribution is -0.141. The first-order valence-electron chi connectivity index (χ1n) is 9.25. The predicted octanol–water partition coefficient (Wildman–Crippen LogP) is 3.59. The summed E-state index contributed by atoms with van der Waals surface area (Å²) in [6, 6.07) is 5.63. The molecule has 158 valence electrons. The highest BCUT2D eigenvalue weighted by molar-refractivity contribution is 6.17. The van der Waals surface area contributed by atoms with Crippen molar-refractivity contribution >= 4 is 17.5 Å². The zero-order valence-corrected chi connectivity index (χ0v) is 16.6. The summed E-state index contributed by atoms with van der Waals surface area (Å²) in [5.41, 5.74) is 0.984. The number of carbonyl (C=O) groups is 1. The topological polar surface area (TPSA) is 50.8 Å². The van der Waals surface area contributed by atoms with Gasteiger partial charge in [0.05, 0.1) is 19.6 Å². The van der Waals surface area contributed by atoms with E-state index in [9.17, 15) is 18.0 Å². The smallest absolute Gasteiger partial charge is 0.405 e. The van der Waals surface area contributed by atoms with Crippen LogP contribution in [0.4, 0.5) is 13.2 Å². The lowest BCUT2D eigenvalue weighted by Gasteiger charge is -2.32. The maximum absolute atomic E-state index is 12.3. The highest BCUT2D eigenvalue weighted by Crippen LogP contribution is 2.29. The van der Waals surface area contributed by atoms with Crippen LogP contribution < -0.4 is 14.8 Å². The van der Waals surface area contributed by atoms with Crippen molar-refractivity contribution in [1.82, 2.24) is 10.2 Å². The summed E-state index contributed by atoms with van der Waals surface area (Å²) in [5, 5.41) is 1.99. The molecular formula is C19H26ClF3N2O3. The zero-order valence-electron chi connectivity index (χ0n) is 15.9. The number of methoxy groups -OCH3 is 1. The van der Waals surface area contributed by atoms with Gasteiger partial charge in [-0.25, -0.2) is 0 Å². The van der Waals surface area contributed by atoms with Gasteiger partial charge in [0.15, 0.2) is 11.5 Å². The summed E-state index contributed by atoms with van der Waals surface area (Å²) in [7, 11) is 1.56. The second-order valence-electron chi connectivity index (χ2n) is 6.78. The fourth-order valence-corrected chi connectivity index (χ4v) is 3.28. The molecule has 0 bridgehead atoms. The largest absolute Gasteiger partial charge is 0.493 e. The van der Waals surface area contributed by atoms with E-state index in [1.807, 2.05) is 23.5 Å². The van der Waals surface area contributed by atoms with Crippen LogP contribution in [-0.2, 0) is 11.3 Å². The molecule has 1 amide bonds. The lowest BCUT2D eigenvalue weighted by atomic mass is 9.96. The Kier molecular flexibility index (Phi) is 8.69. The Bertz CT molecular complexity index is 643. The zero-order chi connectivity index (χ0) is 20.6. The number of piperidine rings is 1. The van der Waals surface area contributed by atoms with Crippen molar-refractivity contribution in [2.45, 2.75) is 32.0 Å². The second kappa shape index (κ2) is 10.8. The Hall–Kier alpha value is -1.67. The molecule has 1 aromatic rings. The molecule has 0 aliphatic carbocycles. The van der Waals surface area contributed by atoms with Crippen molar-refractivity contribution in [3.8, 4) is 11.5 Å². The molecule has 28 heavy (non-hydrogen) atoms. The van der Waals surface area contributed by atoms with Crippen molar-refractivity contribution in [3.05, 3.63) is 23.8 Å². The Balaban J connectivity index is 1.92.